The first kappa shape index (κ1) is 9.78. The Hall–Kier alpha value is 0.690. The molecule has 0 aromatic rings. The summed E-state index contributed by atoms with van der Waals surface area (Å²) in [5, 5.41) is 0. The molecule has 0 aromatic heterocycles. The van der Waals surface area contributed by atoms with Crippen molar-refractivity contribution < 1.29 is 3.07 Å². The molecule has 0 unspecified atom stereocenters. The third-order valence-electron chi connectivity index (χ3n) is 2.91. The molecule has 0 spiro atoms. The van der Waals surface area contributed by atoms with E-state index in [1.54, 1.807) is 0 Å². The second-order valence-electron chi connectivity index (χ2n) is 3.86. The smallest absolute Gasteiger partial charge is 0.110 e. The van der Waals surface area contributed by atoms with Gasteiger partial charge in [-0.25, -0.2) is 0 Å². The van der Waals surface area contributed by atoms with E-state index < -0.39 is 0 Å². The molecule has 0 radical (unpaired) electrons. The highest BCUT2D eigenvalue weighted by atomic mass is 127. The highest BCUT2D eigenvalue weighted by Crippen LogP contribution is 2.38. The summed E-state index contributed by atoms with van der Waals surface area (Å²) in [5.41, 5.74) is 0.207. The van der Waals surface area contributed by atoms with E-state index >= 15 is 0 Å². The quantitative estimate of drug-likeness (QED) is 0.694. The molecule has 1 aliphatic carbocycles. The van der Waals surface area contributed by atoms with Gasteiger partial charge in [0.2, 0.25) is 0 Å². The lowest BCUT2D eigenvalue weighted by Crippen LogP contribution is -2.37. The second kappa shape index (κ2) is 4.08. The Bertz CT molecular complexity index is 117. The number of hydrogen-bond donors (Lipinski definition) is 0. The van der Waals surface area contributed by atoms with Gasteiger partial charge in [0.15, 0.2) is 0 Å². The molecule has 1 aliphatic rings. The molecule has 1 saturated carbocycles. The molecule has 1 nitrogen and oxygen atoms in total. The highest BCUT2D eigenvalue weighted by molar-refractivity contribution is 14.1. The van der Waals surface area contributed by atoms with Crippen molar-refractivity contribution in [3.8, 4) is 0 Å². The second-order valence-corrected chi connectivity index (χ2v) is 4.30. The van der Waals surface area contributed by atoms with Crippen LogP contribution in [-0.4, -0.2) is 5.60 Å². The van der Waals surface area contributed by atoms with Gasteiger partial charge in [0.05, 0.1) is 5.60 Å². The molecule has 2 heteroatoms. The zero-order valence-corrected chi connectivity index (χ0v) is 9.56. The molecule has 0 bridgehead atoms. The van der Waals surface area contributed by atoms with Crippen LogP contribution < -0.4 is 0 Å². The van der Waals surface area contributed by atoms with E-state index in [1.807, 2.05) is 0 Å². The van der Waals surface area contributed by atoms with Gasteiger partial charge < -0.3 is 3.07 Å². The average molecular weight is 268 g/mol. The molecule has 0 amide bonds. The Kier molecular flexibility index (Phi) is 3.62. The summed E-state index contributed by atoms with van der Waals surface area (Å²) in [6.07, 6.45) is 6.61. The van der Waals surface area contributed by atoms with Crippen LogP contribution >= 0.6 is 23.0 Å². The molecule has 0 saturated heterocycles. The molecule has 0 N–H and O–H groups in total. The van der Waals surface area contributed by atoms with Crippen LogP contribution in [0.4, 0.5) is 0 Å². The zero-order valence-electron chi connectivity index (χ0n) is 7.40. The standard InChI is InChI=1S/C9H17IO/c1-8(2)9(11-10)6-4-3-5-7-9/h8H,3-7H2,1-2H3. The minimum Gasteiger partial charge on any atom is -0.309 e. The van der Waals surface area contributed by atoms with Crippen LogP contribution in [0, 0.1) is 5.92 Å². The summed E-state index contributed by atoms with van der Waals surface area (Å²) in [6, 6.07) is 0. The van der Waals surface area contributed by atoms with E-state index in [4.69, 9.17) is 3.07 Å². The van der Waals surface area contributed by atoms with Crippen molar-refractivity contribution in [1.29, 1.82) is 0 Å². The fraction of sp³-hybridized carbons (Fsp3) is 1.00. The third-order valence-corrected chi connectivity index (χ3v) is 3.78. The molecular formula is C9H17IO. The van der Waals surface area contributed by atoms with Crippen molar-refractivity contribution in [3.63, 3.8) is 0 Å². The van der Waals surface area contributed by atoms with E-state index in [2.05, 4.69) is 36.9 Å². The fourth-order valence-corrected chi connectivity index (χ4v) is 2.84. The molecule has 0 aromatic carbocycles. The molecule has 0 heterocycles. The van der Waals surface area contributed by atoms with E-state index in [9.17, 15) is 0 Å². The number of halogens is 1. The molecule has 11 heavy (non-hydrogen) atoms. The molecule has 66 valence electrons. The lowest BCUT2D eigenvalue weighted by Gasteiger charge is -2.38. The fourth-order valence-electron chi connectivity index (χ4n) is 1.89. The van der Waals surface area contributed by atoms with Crippen LogP contribution in [0.25, 0.3) is 0 Å². The maximum absolute atomic E-state index is 5.61. The Balaban J connectivity index is 2.57. The van der Waals surface area contributed by atoms with Crippen molar-refractivity contribution in [2.45, 2.75) is 51.6 Å². The first-order valence-corrected chi connectivity index (χ1v) is 5.39. The van der Waals surface area contributed by atoms with E-state index in [-0.39, 0.29) is 5.60 Å². The normalized spacial score (nSPS) is 24.0. The molecular weight excluding hydrogens is 251 g/mol. The first-order chi connectivity index (χ1) is 5.21. The van der Waals surface area contributed by atoms with Gasteiger partial charge in [0, 0.05) is 0 Å². The monoisotopic (exact) mass is 268 g/mol. The van der Waals surface area contributed by atoms with Gasteiger partial charge in [-0.1, -0.05) is 33.1 Å². The van der Waals surface area contributed by atoms with Crippen LogP contribution in [-0.2, 0) is 3.07 Å². The van der Waals surface area contributed by atoms with E-state index in [0.717, 1.165) is 0 Å². The summed E-state index contributed by atoms with van der Waals surface area (Å²) in [7, 11) is 0. The van der Waals surface area contributed by atoms with E-state index in [0.29, 0.717) is 5.92 Å². The molecule has 0 aliphatic heterocycles. The Labute approximate surface area is 83.6 Å². The Morgan fingerprint density at radius 2 is 1.73 bits per heavy atom. The van der Waals surface area contributed by atoms with Gasteiger partial charge >= 0.3 is 0 Å². The van der Waals surface area contributed by atoms with Crippen LogP contribution in [0.15, 0.2) is 0 Å². The van der Waals surface area contributed by atoms with Crippen LogP contribution in [0.1, 0.15) is 46.0 Å². The number of hydrogen-bond acceptors (Lipinski definition) is 1. The van der Waals surface area contributed by atoms with Gasteiger partial charge in [-0.2, -0.15) is 0 Å². The van der Waals surface area contributed by atoms with Crippen molar-refractivity contribution in [2.75, 3.05) is 0 Å². The predicted octanol–water partition coefficient (Wildman–Crippen LogP) is 3.71. The average Bonchev–Trinajstić information content (AvgIpc) is 2.05. The number of rotatable bonds is 2. The van der Waals surface area contributed by atoms with Crippen molar-refractivity contribution in [2.24, 2.45) is 5.92 Å². The zero-order chi connectivity index (χ0) is 8.32. The first-order valence-electron chi connectivity index (χ1n) is 4.51. The summed E-state index contributed by atoms with van der Waals surface area (Å²) in [4.78, 5) is 0. The van der Waals surface area contributed by atoms with Crippen molar-refractivity contribution in [1.82, 2.24) is 0 Å². The summed E-state index contributed by atoms with van der Waals surface area (Å²) >= 11 is 2.07. The molecule has 0 atom stereocenters. The van der Waals surface area contributed by atoms with Gasteiger partial charge in [-0.15, -0.1) is 0 Å². The van der Waals surface area contributed by atoms with Crippen molar-refractivity contribution in [3.05, 3.63) is 0 Å². The predicted molar refractivity (Wildman–Crippen MR) is 55.8 cm³/mol. The maximum Gasteiger partial charge on any atom is 0.110 e. The van der Waals surface area contributed by atoms with Gasteiger partial charge in [0.25, 0.3) is 0 Å². The summed E-state index contributed by atoms with van der Waals surface area (Å²) < 4.78 is 5.61. The van der Waals surface area contributed by atoms with Crippen LogP contribution in [0.5, 0.6) is 0 Å². The minimum atomic E-state index is 0.207. The molecule has 1 fully saturated rings. The lowest BCUT2D eigenvalue weighted by molar-refractivity contribution is 0.0280. The topological polar surface area (TPSA) is 9.23 Å². The van der Waals surface area contributed by atoms with Gasteiger partial charge in [0.1, 0.15) is 23.0 Å². The van der Waals surface area contributed by atoms with Crippen LogP contribution in [0.3, 0.4) is 0 Å². The Morgan fingerprint density at radius 3 is 2.00 bits per heavy atom. The largest absolute Gasteiger partial charge is 0.309 e. The maximum atomic E-state index is 5.61. The lowest BCUT2D eigenvalue weighted by atomic mass is 9.77. The third kappa shape index (κ3) is 2.08. The summed E-state index contributed by atoms with van der Waals surface area (Å²) in [5.74, 6) is 0.666. The Morgan fingerprint density at radius 1 is 1.18 bits per heavy atom. The summed E-state index contributed by atoms with van der Waals surface area (Å²) in [6.45, 7) is 4.54. The molecule has 1 rings (SSSR count). The van der Waals surface area contributed by atoms with E-state index in [1.165, 1.54) is 32.1 Å². The van der Waals surface area contributed by atoms with Gasteiger partial charge in [-0.05, 0) is 18.8 Å². The van der Waals surface area contributed by atoms with Crippen LogP contribution in [0.2, 0.25) is 0 Å². The van der Waals surface area contributed by atoms with Crippen molar-refractivity contribution >= 4 is 23.0 Å². The minimum absolute atomic E-state index is 0.207. The van der Waals surface area contributed by atoms with Gasteiger partial charge in [-0.3, -0.25) is 0 Å². The highest BCUT2D eigenvalue weighted by Gasteiger charge is 2.35. The SMILES string of the molecule is CC(C)C1(OI)CCCCC1.